The normalized spacial score (nSPS) is 11.8. The molecule has 4 nitrogen and oxygen atoms in total. The number of rotatable bonds is 6. The first-order chi connectivity index (χ1) is 9.43. The van der Waals surface area contributed by atoms with Crippen molar-refractivity contribution < 1.29 is 9.59 Å². The van der Waals surface area contributed by atoms with Gasteiger partial charge in [0.15, 0.2) is 0 Å². The number of benzene rings is 1. The summed E-state index contributed by atoms with van der Waals surface area (Å²) < 4.78 is 0. The smallest absolute Gasteiger partial charge is 0.233 e. The Morgan fingerprint density at radius 1 is 1.30 bits per heavy atom. The summed E-state index contributed by atoms with van der Waals surface area (Å²) in [6, 6.07) is 5.88. The number of amides is 2. The van der Waals surface area contributed by atoms with Crippen LogP contribution >= 0.6 is 15.9 Å². The fourth-order valence-corrected chi connectivity index (χ4v) is 1.92. The van der Waals surface area contributed by atoms with E-state index in [1.54, 1.807) is 0 Å². The van der Waals surface area contributed by atoms with Crippen LogP contribution in [0, 0.1) is 13.8 Å². The lowest BCUT2D eigenvalue weighted by molar-refractivity contribution is -0.120. The quantitative estimate of drug-likeness (QED) is 0.782. The van der Waals surface area contributed by atoms with Gasteiger partial charge in [0.05, 0.1) is 4.83 Å². The molecule has 1 atom stereocenters. The van der Waals surface area contributed by atoms with Gasteiger partial charge in [-0.3, -0.25) is 9.59 Å². The number of hydrogen-bond donors (Lipinski definition) is 2. The highest BCUT2D eigenvalue weighted by molar-refractivity contribution is 9.10. The van der Waals surface area contributed by atoms with Crippen molar-refractivity contribution in [1.29, 1.82) is 0 Å². The summed E-state index contributed by atoms with van der Waals surface area (Å²) in [5.74, 6) is -0.174. The Morgan fingerprint density at radius 2 is 2.00 bits per heavy atom. The summed E-state index contributed by atoms with van der Waals surface area (Å²) in [5, 5.41) is 5.58. The molecule has 5 heteroatoms. The van der Waals surface area contributed by atoms with Crippen LogP contribution in [0.25, 0.3) is 0 Å². The molecule has 0 unspecified atom stereocenters. The standard InChI is InChI=1S/C15H21BrN2O2/c1-4-12(16)15(20)17-8-7-14(19)18-13-6-5-10(2)9-11(13)3/h5-6,9,12H,4,7-8H2,1-3H3,(H,17,20)(H,18,19)/t12-/m0/s1. The molecule has 0 radical (unpaired) electrons. The summed E-state index contributed by atoms with van der Waals surface area (Å²) in [4.78, 5) is 23.1. The third-order valence-corrected chi connectivity index (χ3v) is 4.01. The minimum absolute atomic E-state index is 0.0770. The van der Waals surface area contributed by atoms with E-state index < -0.39 is 0 Å². The fourth-order valence-electron chi connectivity index (χ4n) is 1.76. The molecule has 1 aromatic rings. The maximum Gasteiger partial charge on any atom is 0.233 e. The maximum atomic E-state index is 11.8. The summed E-state index contributed by atoms with van der Waals surface area (Å²) >= 11 is 3.27. The van der Waals surface area contributed by atoms with Crippen LogP contribution in [-0.4, -0.2) is 23.2 Å². The van der Waals surface area contributed by atoms with Crippen LogP contribution < -0.4 is 10.6 Å². The van der Waals surface area contributed by atoms with Crippen LogP contribution in [-0.2, 0) is 9.59 Å². The van der Waals surface area contributed by atoms with Gasteiger partial charge in [-0.25, -0.2) is 0 Å². The van der Waals surface area contributed by atoms with Gasteiger partial charge in [0.1, 0.15) is 0 Å². The summed E-state index contributed by atoms with van der Waals surface area (Å²) in [6.45, 7) is 6.24. The number of anilines is 1. The fraction of sp³-hybridized carbons (Fsp3) is 0.467. The molecule has 2 N–H and O–H groups in total. The lowest BCUT2D eigenvalue weighted by Gasteiger charge is -2.10. The average molecular weight is 341 g/mol. The minimum Gasteiger partial charge on any atom is -0.355 e. The molecule has 0 saturated heterocycles. The van der Waals surface area contributed by atoms with Gasteiger partial charge in [0.2, 0.25) is 11.8 Å². The monoisotopic (exact) mass is 340 g/mol. The van der Waals surface area contributed by atoms with E-state index in [0.717, 1.165) is 23.2 Å². The molecular formula is C15H21BrN2O2. The van der Waals surface area contributed by atoms with Crippen LogP contribution in [0.2, 0.25) is 0 Å². The van der Waals surface area contributed by atoms with Crippen molar-refractivity contribution in [2.45, 2.75) is 38.4 Å². The summed E-state index contributed by atoms with van der Waals surface area (Å²) in [6.07, 6.45) is 0.989. The minimum atomic E-state index is -0.190. The van der Waals surface area contributed by atoms with Gasteiger partial charge in [-0.15, -0.1) is 0 Å². The summed E-state index contributed by atoms with van der Waals surface area (Å²) in [5.41, 5.74) is 3.02. The van der Waals surface area contributed by atoms with Crippen molar-refractivity contribution in [2.24, 2.45) is 0 Å². The Hall–Kier alpha value is -1.36. The number of alkyl halides is 1. The second-order valence-corrected chi connectivity index (χ2v) is 5.89. The predicted molar refractivity (Wildman–Crippen MR) is 85.2 cm³/mol. The van der Waals surface area contributed by atoms with E-state index in [9.17, 15) is 9.59 Å². The van der Waals surface area contributed by atoms with Crippen molar-refractivity contribution in [3.05, 3.63) is 29.3 Å². The highest BCUT2D eigenvalue weighted by atomic mass is 79.9. The second-order valence-electron chi connectivity index (χ2n) is 4.78. The van der Waals surface area contributed by atoms with E-state index in [0.29, 0.717) is 6.54 Å². The van der Waals surface area contributed by atoms with E-state index in [1.165, 1.54) is 0 Å². The van der Waals surface area contributed by atoms with Gasteiger partial charge in [0, 0.05) is 18.7 Å². The van der Waals surface area contributed by atoms with Gasteiger partial charge in [-0.1, -0.05) is 40.5 Å². The molecule has 0 aromatic heterocycles. The third-order valence-electron chi connectivity index (χ3n) is 2.95. The Morgan fingerprint density at radius 3 is 2.60 bits per heavy atom. The van der Waals surface area contributed by atoms with E-state index >= 15 is 0 Å². The lowest BCUT2D eigenvalue weighted by atomic mass is 10.1. The van der Waals surface area contributed by atoms with Gasteiger partial charge < -0.3 is 10.6 Å². The molecule has 1 rings (SSSR count). The number of halogens is 1. The molecular weight excluding hydrogens is 320 g/mol. The van der Waals surface area contributed by atoms with Crippen LogP contribution in [0.3, 0.4) is 0 Å². The summed E-state index contributed by atoms with van der Waals surface area (Å²) in [7, 11) is 0. The van der Waals surface area contributed by atoms with E-state index in [-0.39, 0.29) is 23.1 Å². The average Bonchev–Trinajstić information content (AvgIpc) is 2.41. The number of nitrogens with one attached hydrogen (secondary N) is 2. The first-order valence-electron chi connectivity index (χ1n) is 6.73. The zero-order chi connectivity index (χ0) is 15.1. The van der Waals surface area contributed by atoms with E-state index in [4.69, 9.17) is 0 Å². The van der Waals surface area contributed by atoms with Crippen LogP contribution in [0.4, 0.5) is 5.69 Å². The molecule has 1 aromatic carbocycles. The molecule has 0 fully saturated rings. The Labute approximate surface area is 128 Å². The van der Waals surface area contributed by atoms with Crippen LogP contribution in [0.5, 0.6) is 0 Å². The van der Waals surface area contributed by atoms with E-state index in [2.05, 4.69) is 26.6 Å². The largest absolute Gasteiger partial charge is 0.355 e. The van der Waals surface area contributed by atoms with Crippen LogP contribution in [0.1, 0.15) is 30.9 Å². The van der Waals surface area contributed by atoms with Crippen molar-refractivity contribution >= 4 is 33.4 Å². The Kier molecular flexibility index (Phi) is 6.71. The molecule has 0 saturated carbocycles. The zero-order valence-corrected chi connectivity index (χ0v) is 13.7. The molecule has 2 amide bonds. The van der Waals surface area contributed by atoms with Gasteiger partial charge in [0.25, 0.3) is 0 Å². The van der Waals surface area contributed by atoms with Gasteiger partial charge in [-0.2, -0.15) is 0 Å². The van der Waals surface area contributed by atoms with Crippen molar-refractivity contribution in [2.75, 3.05) is 11.9 Å². The zero-order valence-electron chi connectivity index (χ0n) is 12.1. The maximum absolute atomic E-state index is 11.8. The van der Waals surface area contributed by atoms with Crippen molar-refractivity contribution in [1.82, 2.24) is 5.32 Å². The molecule has 0 spiro atoms. The van der Waals surface area contributed by atoms with Gasteiger partial charge in [-0.05, 0) is 31.9 Å². The molecule has 0 bridgehead atoms. The van der Waals surface area contributed by atoms with Crippen LogP contribution in [0.15, 0.2) is 18.2 Å². The molecule has 0 aliphatic carbocycles. The van der Waals surface area contributed by atoms with Crippen molar-refractivity contribution in [3.8, 4) is 0 Å². The predicted octanol–water partition coefficient (Wildman–Crippen LogP) is 2.92. The highest BCUT2D eigenvalue weighted by Crippen LogP contribution is 2.16. The molecule has 20 heavy (non-hydrogen) atoms. The topological polar surface area (TPSA) is 58.2 Å². The number of aryl methyl sites for hydroxylation is 2. The second kappa shape index (κ2) is 8.04. The molecule has 0 heterocycles. The van der Waals surface area contributed by atoms with Gasteiger partial charge >= 0.3 is 0 Å². The first kappa shape index (κ1) is 16.7. The highest BCUT2D eigenvalue weighted by Gasteiger charge is 2.12. The molecule has 0 aliphatic rings. The Bertz CT molecular complexity index is 489. The first-order valence-corrected chi connectivity index (χ1v) is 7.64. The lowest BCUT2D eigenvalue weighted by Crippen LogP contribution is -2.33. The SMILES string of the molecule is CC[C@H](Br)C(=O)NCCC(=O)Nc1ccc(C)cc1C. The number of carbonyl (C=O) groups excluding carboxylic acids is 2. The Balaban J connectivity index is 2.39. The van der Waals surface area contributed by atoms with Crippen molar-refractivity contribution in [3.63, 3.8) is 0 Å². The third kappa shape index (κ3) is 5.33. The van der Waals surface area contributed by atoms with E-state index in [1.807, 2.05) is 39.0 Å². The molecule has 0 aliphatic heterocycles. The number of hydrogen-bond acceptors (Lipinski definition) is 2. The molecule has 110 valence electrons. The number of carbonyl (C=O) groups is 2.